The van der Waals surface area contributed by atoms with E-state index in [1.165, 1.54) is 18.9 Å². The van der Waals surface area contributed by atoms with Gasteiger partial charge in [0.15, 0.2) is 0 Å². The minimum atomic E-state index is -1.25. The number of β-lactam (4-membered cyclic amide) rings is 1. The topological polar surface area (TPSA) is 95.9 Å². The van der Waals surface area contributed by atoms with E-state index in [1.54, 1.807) is 0 Å². The molecule has 0 bridgehead atoms. The number of nitrogens with one attached hydrogen (secondary N) is 1. The lowest BCUT2D eigenvalue weighted by Crippen LogP contribution is -2.70. The number of rotatable bonds is 2. The largest absolute Gasteiger partial charge is 0.477 e. The van der Waals surface area contributed by atoms with E-state index in [9.17, 15) is 14.4 Å². The first kappa shape index (κ1) is 13.0. The molecule has 2 aliphatic rings. The Morgan fingerprint density at radius 1 is 1.61 bits per heavy atom. The number of amides is 2. The van der Waals surface area contributed by atoms with Crippen LogP contribution in [0.5, 0.6) is 0 Å². The Kier molecular flexibility index (Phi) is 3.40. The van der Waals surface area contributed by atoms with E-state index in [-0.39, 0.29) is 16.5 Å². The fourth-order valence-corrected chi connectivity index (χ4v) is 3.32. The van der Waals surface area contributed by atoms with Crippen LogP contribution in [0, 0.1) is 0 Å². The third-order valence-electron chi connectivity index (χ3n) is 2.58. The normalized spacial score (nSPS) is 26.3. The zero-order valence-electron chi connectivity index (χ0n) is 9.18. The van der Waals surface area contributed by atoms with Crippen LogP contribution in [0.1, 0.15) is 0 Å². The van der Waals surface area contributed by atoms with Gasteiger partial charge in [0.25, 0.3) is 5.91 Å². The zero-order valence-corrected chi connectivity index (χ0v) is 10.7. The number of carbonyl (C=O) groups is 3. The van der Waals surface area contributed by atoms with Gasteiger partial charge in [-0.1, -0.05) is 11.6 Å². The molecule has 2 heterocycles. The highest BCUT2D eigenvalue weighted by molar-refractivity contribution is 8.00. The standard InChI is InChI=1S/C9H9ClN2O5S/c1-17-9(16)11-4-6(13)12-5(8(14)15)3(10)2-18-7(4)12/h4,7H,2H2,1H3,(H,11,16)(H,14,15)/t4-,7-/m1/s1. The van der Waals surface area contributed by atoms with Gasteiger partial charge in [0.2, 0.25) is 0 Å². The summed E-state index contributed by atoms with van der Waals surface area (Å²) in [5.74, 6) is -1.47. The molecule has 2 atom stereocenters. The Bertz CT molecular complexity index is 466. The van der Waals surface area contributed by atoms with Crippen LogP contribution in [-0.4, -0.2) is 52.3 Å². The van der Waals surface area contributed by atoms with E-state index in [0.29, 0.717) is 0 Å². The van der Waals surface area contributed by atoms with Gasteiger partial charge in [-0.25, -0.2) is 9.59 Å². The summed E-state index contributed by atoms with van der Waals surface area (Å²) in [5.41, 5.74) is -0.215. The Morgan fingerprint density at radius 3 is 2.83 bits per heavy atom. The van der Waals surface area contributed by atoms with Crippen molar-refractivity contribution in [2.45, 2.75) is 11.4 Å². The number of carboxylic acids is 1. The highest BCUT2D eigenvalue weighted by atomic mass is 35.5. The molecule has 2 rings (SSSR count). The molecule has 7 nitrogen and oxygen atoms in total. The number of ether oxygens (including phenoxy) is 1. The third-order valence-corrected chi connectivity index (χ3v) is 4.33. The molecule has 0 aromatic heterocycles. The maximum atomic E-state index is 11.8. The molecule has 1 fully saturated rings. The second kappa shape index (κ2) is 4.69. The first-order valence-corrected chi connectivity index (χ1v) is 6.31. The number of halogens is 1. The molecule has 1 saturated heterocycles. The lowest BCUT2D eigenvalue weighted by atomic mass is 10.1. The van der Waals surface area contributed by atoms with Crippen molar-refractivity contribution in [3.8, 4) is 0 Å². The molecule has 18 heavy (non-hydrogen) atoms. The van der Waals surface area contributed by atoms with Crippen molar-refractivity contribution in [1.82, 2.24) is 10.2 Å². The molecule has 0 spiro atoms. The van der Waals surface area contributed by atoms with Crippen LogP contribution in [0.3, 0.4) is 0 Å². The summed E-state index contributed by atoms with van der Waals surface area (Å²) >= 11 is 7.08. The molecule has 9 heteroatoms. The number of fused-ring (bicyclic) bond motifs is 1. The van der Waals surface area contributed by atoms with Crippen LogP contribution in [0.2, 0.25) is 0 Å². The first-order chi connectivity index (χ1) is 8.47. The summed E-state index contributed by atoms with van der Waals surface area (Å²) in [7, 11) is 1.18. The van der Waals surface area contributed by atoms with Gasteiger partial charge in [0.1, 0.15) is 17.1 Å². The molecule has 0 aromatic carbocycles. The SMILES string of the molecule is COC(=O)N[C@@H]1C(=O)N2C(C(=O)O)=C(Cl)CS[C@H]12. The molecular weight excluding hydrogens is 284 g/mol. The highest BCUT2D eigenvalue weighted by Crippen LogP contribution is 2.41. The summed E-state index contributed by atoms with van der Waals surface area (Å²) in [6.07, 6.45) is -0.730. The second-order valence-corrected chi connectivity index (χ2v) is 5.14. The quantitative estimate of drug-likeness (QED) is 0.704. The smallest absolute Gasteiger partial charge is 0.407 e. The first-order valence-electron chi connectivity index (χ1n) is 4.88. The number of thioether (sulfide) groups is 1. The van der Waals surface area contributed by atoms with Gasteiger partial charge >= 0.3 is 12.1 Å². The lowest BCUT2D eigenvalue weighted by Gasteiger charge is -2.48. The monoisotopic (exact) mass is 292 g/mol. The summed E-state index contributed by atoms with van der Waals surface area (Å²) < 4.78 is 4.40. The fourth-order valence-electron chi connectivity index (χ4n) is 1.77. The molecule has 2 amide bonds. The van der Waals surface area contributed by atoms with Crippen molar-refractivity contribution in [3.05, 3.63) is 10.7 Å². The average Bonchev–Trinajstić information content (AvgIpc) is 2.34. The maximum Gasteiger partial charge on any atom is 0.407 e. The van der Waals surface area contributed by atoms with Crippen molar-refractivity contribution < 1.29 is 24.2 Å². The summed E-state index contributed by atoms with van der Waals surface area (Å²) in [5, 5.41) is 11.0. The molecule has 0 radical (unpaired) electrons. The van der Waals surface area contributed by atoms with Gasteiger partial charge < -0.3 is 15.2 Å². The van der Waals surface area contributed by atoms with Crippen LogP contribution in [0.15, 0.2) is 10.7 Å². The van der Waals surface area contributed by atoms with E-state index in [4.69, 9.17) is 16.7 Å². The van der Waals surface area contributed by atoms with Crippen molar-refractivity contribution in [2.24, 2.45) is 0 Å². The summed E-state index contributed by atoms with van der Waals surface area (Å²) in [4.78, 5) is 35.0. The number of nitrogens with zero attached hydrogens (tertiary/aromatic N) is 1. The van der Waals surface area contributed by atoms with Crippen LogP contribution >= 0.6 is 23.4 Å². The molecule has 98 valence electrons. The number of carboxylic acid groups (broad SMARTS) is 1. The number of alkyl carbamates (subject to hydrolysis) is 1. The maximum absolute atomic E-state index is 11.8. The minimum absolute atomic E-state index is 0.119. The van der Waals surface area contributed by atoms with E-state index >= 15 is 0 Å². The second-order valence-electron chi connectivity index (χ2n) is 3.58. The Hall–Kier alpha value is -1.41. The lowest BCUT2D eigenvalue weighted by molar-refractivity contribution is -0.148. The molecule has 0 unspecified atom stereocenters. The van der Waals surface area contributed by atoms with Gasteiger partial charge in [-0.3, -0.25) is 9.69 Å². The van der Waals surface area contributed by atoms with Gasteiger partial charge in [0.05, 0.1) is 12.1 Å². The number of aliphatic carboxylic acids is 1. The number of carbonyl (C=O) groups excluding carboxylic acids is 2. The number of methoxy groups -OCH3 is 1. The van der Waals surface area contributed by atoms with Crippen LogP contribution in [-0.2, 0) is 14.3 Å². The van der Waals surface area contributed by atoms with Gasteiger partial charge in [-0.15, -0.1) is 11.8 Å². The van der Waals surface area contributed by atoms with E-state index < -0.39 is 29.4 Å². The van der Waals surface area contributed by atoms with E-state index in [1.807, 2.05) is 0 Å². The average molecular weight is 293 g/mol. The van der Waals surface area contributed by atoms with Crippen molar-refractivity contribution >= 4 is 41.3 Å². The Balaban J connectivity index is 2.18. The van der Waals surface area contributed by atoms with Gasteiger partial charge in [0, 0.05) is 5.75 Å². The molecular formula is C9H9ClN2O5S. The predicted octanol–water partition coefficient (Wildman–Crippen LogP) is 0.161. The summed E-state index contributed by atoms with van der Waals surface area (Å²) in [6, 6.07) is -0.776. The Labute approximate surface area is 111 Å². The fraction of sp³-hybridized carbons (Fsp3) is 0.444. The number of hydrogen-bond donors (Lipinski definition) is 2. The van der Waals surface area contributed by atoms with E-state index in [2.05, 4.69) is 10.1 Å². The molecule has 0 saturated carbocycles. The van der Waals surface area contributed by atoms with Crippen molar-refractivity contribution in [1.29, 1.82) is 0 Å². The Morgan fingerprint density at radius 2 is 2.28 bits per heavy atom. The van der Waals surface area contributed by atoms with Crippen molar-refractivity contribution in [3.63, 3.8) is 0 Å². The van der Waals surface area contributed by atoms with E-state index in [0.717, 1.165) is 4.90 Å². The predicted molar refractivity (Wildman–Crippen MR) is 62.9 cm³/mol. The molecule has 0 aliphatic carbocycles. The van der Waals surface area contributed by atoms with Crippen LogP contribution < -0.4 is 5.32 Å². The van der Waals surface area contributed by atoms with Crippen LogP contribution in [0.4, 0.5) is 4.79 Å². The van der Waals surface area contributed by atoms with Crippen molar-refractivity contribution in [2.75, 3.05) is 12.9 Å². The molecule has 0 aromatic rings. The third kappa shape index (κ3) is 1.91. The molecule has 2 aliphatic heterocycles. The van der Waals surface area contributed by atoms with Gasteiger partial charge in [-0.2, -0.15) is 0 Å². The summed E-state index contributed by atoms with van der Waals surface area (Å²) in [6.45, 7) is 0. The number of hydrogen-bond acceptors (Lipinski definition) is 5. The highest BCUT2D eigenvalue weighted by Gasteiger charge is 2.54. The molecule has 2 N–H and O–H groups in total. The zero-order chi connectivity index (χ0) is 13.4. The van der Waals surface area contributed by atoms with Crippen LogP contribution in [0.25, 0.3) is 0 Å². The minimum Gasteiger partial charge on any atom is -0.477 e. The van der Waals surface area contributed by atoms with Gasteiger partial charge in [-0.05, 0) is 0 Å².